The van der Waals surface area contributed by atoms with Gasteiger partial charge in [-0.15, -0.1) is 0 Å². The zero-order chi connectivity index (χ0) is 21.7. The van der Waals surface area contributed by atoms with Gasteiger partial charge >= 0.3 is 0 Å². The molecule has 0 saturated carbocycles. The maximum atomic E-state index is 12.6. The molecule has 0 unspecified atom stereocenters. The van der Waals surface area contributed by atoms with E-state index in [0.717, 1.165) is 5.56 Å². The lowest BCUT2D eigenvalue weighted by atomic mass is 10.2. The summed E-state index contributed by atoms with van der Waals surface area (Å²) >= 11 is 0. The number of hydrogen-bond acceptors (Lipinski definition) is 5. The van der Waals surface area contributed by atoms with Crippen LogP contribution in [0.1, 0.15) is 5.56 Å². The van der Waals surface area contributed by atoms with Gasteiger partial charge in [0.1, 0.15) is 18.1 Å². The van der Waals surface area contributed by atoms with Crippen LogP contribution in [0.25, 0.3) is 0 Å². The van der Waals surface area contributed by atoms with Crippen LogP contribution in [-0.4, -0.2) is 34.1 Å². The van der Waals surface area contributed by atoms with E-state index in [4.69, 9.17) is 9.47 Å². The van der Waals surface area contributed by atoms with Crippen molar-refractivity contribution in [3.8, 4) is 11.5 Å². The number of carbonyl (C=O) groups excluding carboxylic acids is 1. The number of amides is 1. The zero-order valence-electron chi connectivity index (χ0n) is 16.7. The van der Waals surface area contributed by atoms with Gasteiger partial charge in [0.05, 0.1) is 17.1 Å². The molecule has 1 aliphatic heterocycles. The van der Waals surface area contributed by atoms with Crippen LogP contribution in [0.5, 0.6) is 11.5 Å². The summed E-state index contributed by atoms with van der Waals surface area (Å²) in [7, 11) is -3.65. The first-order valence-electron chi connectivity index (χ1n) is 9.81. The first-order valence-corrected chi connectivity index (χ1v) is 11.3. The number of fused-ring (bicyclic) bond motifs is 1. The Morgan fingerprint density at radius 1 is 0.968 bits per heavy atom. The number of anilines is 1. The lowest BCUT2D eigenvalue weighted by Gasteiger charge is -2.29. The molecule has 31 heavy (non-hydrogen) atoms. The predicted molar refractivity (Wildman–Crippen MR) is 117 cm³/mol. The highest BCUT2D eigenvalue weighted by Gasteiger charge is 2.23. The number of sulfonamides is 1. The summed E-state index contributed by atoms with van der Waals surface area (Å²) in [6.07, 6.45) is 0. The first kappa shape index (κ1) is 20.9. The molecule has 0 radical (unpaired) electrons. The molecule has 160 valence electrons. The van der Waals surface area contributed by atoms with Gasteiger partial charge in [-0.25, -0.2) is 13.1 Å². The smallest absolute Gasteiger partial charge is 0.265 e. The van der Waals surface area contributed by atoms with Crippen LogP contribution >= 0.6 is 0 Å². The van der Waals surface area contributed by atoms with Gasteiger partial charge in [0, 0.05) is 6.54 Å². The molecule has 1 aliphatic rings. The summed E-state index contributed by atoms with van der Waals surface area (Å²) < 4.78 is 38.7. The highest BCUT2D eigenvalue weighted by atomic mass is 32.2. The Labute approximate surface area is 181 Å². The molecular formula is C23H22N2O5S. The number of rotatable bonds is 7. The fourth-order valence-electron chi connectivity index (χ4n) is 3.22. The van der Waals surface area contributed by atoms with E-state index in [1.165, 1.54) is 24.3 Å². The lowest BCUT2D eigenvalue weighted by Crippen LogP contribution is -2.40. The first-order chi connectivity index (χ1) is 15.0. The fraction of sp³-hybridized carbons (Fsp3) is 0.174. The van der Waals surface area contributed by atoms with Crippen molar-refractivity contribution in [2.75, 3.05) is 24.7 Å². The maximum Gasteiger partial charge on any atom is 0.265 e. The monoisotopic (exact) mass is 438 g/mol. The minimum atomic E-state index is -3.65. The molecule has 7 nitrogen and oxygen atoms in total. The van der Waals surface area contributed by atoms with Crippen molar-refractivity contribution in [1.29, 1.82) is 0 Å². The SMILES string of the molecule is O=C(COc1ccc(S(=O)(=O)NCc2ccccc2)cc1)N1CCOc2ccccc21. The second kappa shape index (κ2) is 9.20. The van der Waals surface area contributed by atoms with Crippen molar-refractivity contribution in [2.24, 2.45) is 0 Å². The van der Waals surface area contributed by atoms with E-state index in [-0.39, 0.29) is 24.0 Å². The van der Waals surface area contributed by atoms with E-state index in [1.54, 1.807) is 4.90 Å². The molecule has 1 N–H and O–H groups in total. The van der Waals surface area contributed by atoms with Gasteiger partial charge in [0.25, 0.3) is 5.91 Å². The van der Waals surface area contributed by atoms with Crippen LogP contribution in [0, 0.1) is 0 Å². The molecule has 4 rings (SSSR count). The summed E-state index contributed by atoms with van der Waals surface area (Å²) in [5, 5.41) is 0. The third-order valence-corrected chi connectivity index (χ3v) is 6.25. The van der Waals surface area contributed by atoms with Crippen LogP contribution in [-0.2, 0) is 21.4 Å². The minimum Gasteiger partial charge on any atom is -0.490 e. The van der Waals surface area contributed by atoms with E-state index >= 15 is 0 Å². The maximum absolute atomic E-state index is 12.6. The standard InChI is InChI=1S/C23H22N2O5S/c26-23(25-14-15-29-22-9-5-4-8-21(22)25)17-30-19-10-12-20(13-11-19)31(27,28)24-16-18-6-2-1-3-7-18/h1-13,24H,14-17H2. The van der Waals surface area contributed by atoms with Gasteiger partial charge in [-0.3, -0.25) is 4.79 Å². The van der Waals surface area contributed by atoms with Crippen LogP contribution in [0.4, 0.5) is 5.69 Å². The fourth-order valence-corrected chi connectivity index (χ4v) is 4.24. The van der Waals surface area contributed by atoms with Gasteiger partial charge in [-0.05, 0) is 42.0 Å². The summed E-state index contributed by atoms with van der Waals surface area (Å²) in [6.45, 7) is 0.915. The summed E-state index contributed by atoms with van der Waals surface area (Å²) in [5.74, 6) is 0.883. The summed E-state index contributed by atoms with van der Waals surface area (Å²) in [4.78, 5) is 14.4. The Kier molecular flexibility index (Phi) is 6.20. The van der Waals surface area contributed by atoms with Crippen molar-refractivity contribution < 1.29 is 22.7 Å². The van der Waals surface area contributed by atoms with Gasteiger partial charge in [-0.1, -0.05) is 42.5 Å². The Bertz CT molecular complexity index is 1150. The molecule has 8 heteroatoms. The van der Waals surface area contributed by atoms with Crippen molar-refractivity contribution in [3.63, 3.8) is 0 Å². The van der Waals surface area contributed by atoms with E-state index in [2.05, 4.69) is 4.72 Å². The lowest BCUT2D eigenvalue weighted by molar-refractivity contribution is -0.120. The van der Waals surface area contributed by atoms with Gasteiger partial charge in [0.2, 0.25) is 10.0 Å². The van der Waals surface area contributed by atoms with Crippen molar-refractivity contribution in [3.05, 3.63) is 84.4 Å². The molecule has 3 aromatic rings. The number of carbonyl (C=O) groups is 1. The average Bonchev–Trinajstić information content (AvgIpc) is 2.82. The highest BCUT2D eigenvalue weighted by molar-refractivity contribution is 7.89. The molecule has 3 aromatic carbocycles. The number of para-hydroxylation sites is 2. The number of nitrogens with one attached hydrogen (secondary N) is 1. The summed E-state index contributed by atoms with van der Waals surface area (Å²) in [5.41, 5.74) is 1.59. The Morgan fingerprint density at radius 3 is 2.45 bits per heavy atom. The Balaban J connectivity index is 1.35. The normalized spacial score (nSPS) is 13.2. The predicted octanol–water partition coefficient (Wildman–Crippen LogP) is 2.97. The van der Waals surface area contributed by atoms with Gasteiger partial charge < -0.3 is 14.4 Å². The molecule has 0 fully saturated rings. The zero-order valence-corrected chi connectivity index (χ0v) is 17.5. The largest absolute Gasteiger partial charge is 0.490 e. The third-order valence-electron chi connectivity index (χ3n) is 4.84. The van der Waals surface area contributed by atoms with Crippen LogP contribution in [0.15, 0.2) is 83.8 Å². The van der Waals surface area contributed by atoms with Crippen molar-refractivity contribution in [1.82, 2.24) is 4.72 Å². The number of nitrogens with zero attached hydrogens (tertiary/aromatic N) is 1. The quantitative estimate of drug-likeness (QED) is 0.613. The number of benzene rings is 3. The van der Waals surface area contributed by atoms with E-state index in [1.807, 2.05) is 54.6 Å². The van der Waals surface area contributed by atoms with E-state index in [9.17, 15) is 13.2 Å². The molecule has 0 aromatic heterocycles. The molecule has 0 spiro atoms. The molecular weight excluding hydrogens is 416 g/mol. The molecule has 0 saturated heterocycles. The minimum absolute atomic E-state index is 0.129. The van der Waals surface area contributed by atoms with Crippen LogP contribution in [0.3, 0.4) is 0 Å². The third kappa shape index (κ3) is 5.04. The van der Waals surface area contributed by atoms with Crippen LogP contribution < -0.4 is 19.1 Å². The van der Waals surface area contributed by atoms with Gasteiger partial charge in [0.15, 0.2) is 6.61 Å². The molecule has 0 aliphatic carbocycles. The average molecular weight is 439 g/mol. The van der Waals surface area contributed by atoms with Crippen molar-refractivity contribution in [2.45, 2.75) is 11.4 Å². The number of ether oxygens (including phenoxy) is 2. The molecule has 1 heterocycles. The Hall–Kier alpha value is -3.36. The second-order valence-electron chi connectivity index (χ2n) is 6.93. The molecule has 0 atom stereocenters. The highest BCUT2D eigenvalue weighted by Crippen LogP contribution is 2.31. The summed E-state index contributed by atoms with van der Waals surface area (Å²) in [6, 6.07) is 22.6. The van der Waals surface area contributed by atoms with Gasteiger partial charge in [-0.2, -0.15) is 0 Å². The van der Waals surface area contributed by atoms with Crippen LogP contribution in [0.2, 0.25) is 0 Å². The second-order valence-corrected chi connectivity index (χ2v) is 8.70. The van der Waals surface area contributed by atoms with Crippen molar-refractivity contribution >= 4 is 21.6 Å². The molecule has 0 bridgehead atoms. The van der Waals surface area contributed by atoms with E-state index in [0.29, 0.717) is 30.3 Å². The van der Waals surface area contributed by atoms with E-state index < -0.39 is 10.0 Å². The number of hydrogen-bond donors (Lipinski definition) is 1. The topological polar surface area (TPSA) is 84.9 Å². The molecule has 1 amide bonds. The Morgan fingerprint density at radius 2 is 1.68 bits per heavy atom.